The molecule has 0 radical (unpaired) electrons. The Bertz CT molecular complexity index is 551. The van der Waals surface area contributed by atoms with E-state index in [4.69, 9.17) is 10.4 Å². The fraction of sp³-hybridized carbons (Fsp3) is 0.375. The number of rotatable bonds is 3. The molecule has 1 heterocycles. The molecule has 0 atom stereocenters. The van der Waals surface area contributed by atoms with Crippen LogP contribution in [0.1, 0.15) is 25.0 Å². The van der Waals surface area contributed by atoms with Gasteiger partial charge in [0.15, 0.2) is 0 Å². The van der Waals surface area contributed by atoms with E-state index in [0.717, 1.165) is 23.3 Å². The number of nitrogens with zero attached hydrogens (tertiary/aromatic N) is 2. The lowest BCUT2D eigenvalue weighted by Gasteiger charge is -2.29. The van der Waals surface area contributed by atoms with Crippen molar-refractivity contribution < 1.29 is 0 Å². The van der Waals surface area contributed by atoms with Crippen molar-refractivity contribution in [1.29, 1.82) is 5.41 Å². The van der Waals surface area contributed by atoms with Gasteiger partial charge in [-0.2, -0.15) is 0 Å². The van der Waals surface area contributed by atoms with Gasteiger partial charge in [0.05, 0.1) is 11.3 Å². The van der Waals surface area contributed by atoms with Gasteiger partial charge in [0.1, 0.15) is 0 Å². The lowest BCUT2D eigenvalue weighted by Crippen LogP contribution is -2.30. The Morgan fingerprint density at radius 3 is 2.63 bits per heavy atom. The van der Waals surface area contributed by atoms with Gasteiger partial charge in [-0.25, -0.2) is 0 Å². The summed E-state index contributed by atoms with van der Waals surface area (Å²) in [5, 5.41) is 7.66. The summed E-state index contributed by atoms with van der Waals surface area (Å²) in [5.41, 5.74) is 4.13. The Hall–Kier alpha value is -1.90. The fourth-order valence-electron chi connectivity index (χ4n) is 2.44. The first-order chi connectivity index (χ1) is 8.93. The van der Waals surface area contributed by atoms with Gasteiger partial charge in [0.25, 0.3) is 0 Å². The van der Waals surface area contributed by atoms with Crippen molar-refractivity contribution >= 4 is 11.9 Å². The van der Waals surface area contributed by atoms with Crippen LogP contribution < -0.4 is 0 Å². The molecule has 100 valence electrons. The molecule has 0 aliphatic carbocycles. The summed E-state index contributed by atoms with van der Waals surface area (Å²) in [5.74, 6) is 0. The summed E-state index contributed by atoms with van der Waals surface area (Å²) in [6.07, 6.45) is 4.28. The van der Waals surface area contributed by atoms with Gasteiger partial charge >= 0.3 is 0 Å². The van der Waals surface area contributed by atoms with Crippen LogP contribution in [0.3, 0.4) is 0 Å². The second-order valence-corrected chi connectivity index (χ2v) is 5.80. The van der Waals surface area contributed by atoms with Gasteiger partial charge in [-0.3, -0.25) is 4.99 Å². The van der Waals surface area contributed by atoms with Crippen LogP contribution in [0, 0.1) is 5.41 Å². The molecular formula is C16H21N3. The second kappa shape index (κ2) is 5.00. The third-order valence-electron chi connectivity index (χ3n) is 3.14. The molecule has 0 unspecified atom stereocenters. The zero-order valence-corrected chi connectivity index (χ0v) is 12.1. The molecule has 1 aromatic carbocycles. The van der Waals surface area contributed by atoms with Crippen molar-refractivity contribution in [2.45, 2.75) is 25.8 Å². The van der Waals surface area contributed by atoms with Gasteiger partial charge in [-0.15, -0.1) is 0 Å². The molecule has 0 spiro atoms. The molecule has 19 heavy (non-hydrogen) atoms. The first kappa shape index (κ1) is 13.5. The Morgan fingerprint density at radius 2 is 2.00 bits per heavy atom. The normalized spacial score (nSPS) is 17.5. The molecule has 0 bridgehead atoms. The highest BCUT2D eigenvalue weighted by molar-refractivity contribution is 6.24. The van der Waals surface area contributed by atoms with Gasteiger partial charge in [-0.05, 0) is 25.8 Å². The molecule has 0 saturated carbocycles. The molecule has 2 rings (SSSR count). The Kier molecular flexibility index (Phi) is 3.56. The number of benzene rings is 1. The predicted octanol–water partition coefficient (Wildman–Crippen LogP) is 2.91. The second-order valence-electron chi connectivity index (χ2n) is 5.80. The number of hydrogen-bond acceptors (Lipinski definition) is 3. The number of hydrogen-bond donors (Lipinski definition) is 1. The van der Waals surface area contributed by atoms with Crippen molar-refractivity contribution in [2.24, 2.45) is 4.99 Å². The van der Waals surface area contributed by atoms with E-state index >= 15 is 0 Å². The van der Waals surface area contributed by atoms with E-state index in [1.54, 1.807) is 0 Å². The van der Waals surface area contributed by atoms with E-state index in [1.807, 2.05) is 31.3 Å². The minimum Gasteiger partial charge on any atom is -0.383 e. The van der Waals surface area contributed by atoms with Gasteiger partial charge < -0.3 is 10.3 Å². The van der Waals surface area contributed by atoms with E-state index < -0.39 is 0 Å². The van der Waals surface area contributed by atoms with Crippen LogP contribution >= 0.6 is 0 Å². The van der Waals surface area contributed by atoms with Crippen molar-refractivity contribution in [3.63, 3.8) is 0 Å². The lowest BCUT2D eigenvalue weighted by molar-refractivity contribution is 0.513. The van der Waals surface area contributed by atoms with Gasteiger partial charge in [0.2, 0.25) is 0 Å². The zero-order valence-electron chi connectivity index (χ0n) is 12.1. The summed E-state index contributed by atoms with van der Waals surface area (Å²) >= 11 is 0. The van der Waals surface area contributed by atoms with Crippen LogP contribution in [0.4, 0.5) is 0 Å². The molecule has 0 aromatic heterocycles. The fourth-order valence-corrected chi connectivity index (χ4v) is 2.44. The van der Waals surface area contributed by atoms with E-state index in [-0.39, 0.29) is 5.54 Å². The molecular weight excluding hydrogens is 234 g/mol. The summed E-state index contributed by atoms with van der Waals surface area (Å²) in [6, 6.07) is 8.35. The minimum absolute atomic E-state index is 0.113. The maximum atomic E-state index is 7.66. The molecule has 1 aliphatic rings. The topological polar surface area (TPSA) is 39.5 Å². The highest BCUT2D eigenvalue weighted by atomic mass is 15.0. The number of nitrogens with one attached hydrogen (secondary N) is 1. The van der Waals surface area contributed by atoms with E-state index in [2.05, 4.69) is 32.0 Å². The maximum Gasteiger partial charge on any atom is 0.0758 e. The van der Waals surface area contributed by atoms with Crippen LogP contribution in [0.2, 0.25) is 0 Å². The number of allylic oxidation sites excluding steroid dienone is 1. The SMILES string of the molecule is CN(C)/C=C(/C=N)C1=NC(C)(C)Cc2ccccc21. The first-order valence-corrected chi connectivity index (χ1v) is 6.50. The van der Waals surface area contributed by atoms with Crippen LogP contribution in [0.5, 0.6) is 0 Å². The van der Waals surface area contributed by atoms with Gasteiger partial charge in [-0.1, -0.05) is 24.3 Å². The molecule has 3 nitrogen and oxygen atoms in total. The van der Waals surface area contributed by atoms with E-state index in [0.29, 0.717) is 0 Å². The zero-order chi connectivity index (χ0) is 14.0. The molecule has 0 amide bonds. The smallest absolute Gasteiger partial charge is 0.0758 e. The average molecular weight is 255 g/mol. The van der Waals surface area contributed by atoms with Crippen LogP contribution in [0.25, 0.3) is 0 Å². The highest BCUT2D eigenvalue weighted by Crippen LogP contribution is 2.28. The molecule has 3 heteroatoms. The minimum atomic E-state index is -0.113. The average Bonchev–Trinajstić information content (AvgIpc) is 2.33. The largest absolute Gasteiger partial charge is 0.383 e. The Balaban J connectivity index is 2.58. The van der Waals surface area contributed by atoms with Crippen molar-refractivity contribution in [2.75, 3.05) is 14.1 Å². The highest BCUT2D eigenvalue weighted by Gasteiger charge is 2.27. The third kappa shape index (κ3) is 2.92. The molecule has 1 N–H and O–H groups in total. The van der Waals surface area contributed by atoms with Crippen molar-refractivity contribution in [3.8, 4) is 0 Å². The van der Waals surface area contributed by atoms with Crippen LogP contribution in [-0.2, 0) is 6.42 Å². The molecule has 0 saturated heterocycles. The van der Waals surface area contributed by atoms with E-state index in [1.165, 1.54) is 11.8 Å². The first-order valence-electron chi connectivity index (χ1n) is 6.50. The standard InChI is InChI=1S/C16H21N3/c1-16(2)9-12-7-5-6-8-14(12)15(18-16)13(10-17)11-19(3)4/h5-8,10-11,17H,9H2,1-4H3/b13-11-,17-10?. The Morgan fingerprint density at radius 1 is 1.32 bits per heavy atom. The molecule has 1 aliphatic heterocycles. The van der Waals surface area contributed by atoms with Gasteiger partial charge in [0, 0.05) is 37.6 Å². The summed E-state index contributed by atoms with van der Waals surface area (Å²) in [7, 11) is 3.92. The van der Waals surface area contributed by atoms with E-state index in [9.17, 15) is 0 Å². The van der Waals surface area contributed by atoms with Crippen LogP contribution in [-0.4, -0.2) is 36.5 Å². The molecule has 1 aromatic rings. The summed E-state index contributed by atoms with van der Waals surface area (Å²) in [6.45, 7) is 4.28. The number of aliphatic imine (C=N–C) groups is 1. The van der Waals surface area contributed by atoms with Crippen molar-refractivity contribution in [1.82, 2.24) is 4.90 Å². The summed E-state index contributed by atoms with van der Waals surface area (Å²) in [4.78, 5) is 6.80. The maximum absolute atomic E-state index is 7.66. The van der Waals surface area contributed by atoms with Crippen LogP contribution in [0.15, 0.2) is 41.0 Å². The predicted molar refractivity (Wildman–Crippen MR) is 81.3 cm³/mol. The Labute approximate surface area is 115 Å². The number of fused-ring (bicyclic) bond motifs is 1. The lowest BCUT2D eigenvalue weighted by atomic mass is 9.85. The summed E-state index contributed by atoms with van der Waals surface area (Å²) < 4.78 is 0. The van der Waals surface area contributed by atoms with Crippen molar-refractivity contribution in [3.05, 3.63) is 47.2 Å². The quantitative estimate of drug-likeness (QED) is 0.829. The molecule has 0 fully saturated rings. The third-order valence-corrected chi connectivity index (χ3v) is 3.14. The monoisotopic (exact) mass is 255 g/mol.